The topological polar surface area (TPSA) is 98.7 Å². The number of thiazole rings is 1. The zero-order chi connectivity index (χ0) is 18.9. The molecular weight excluding hydrogens is 376 g/mol. The number of furan rings is 1. The van der Waals surface area contributed by atoms with E-state index in [0.717, 1.165) is 20.9 Å². The first kappa shape index (κ1) is 16.3. The van der Waals surface area contributed by atoms with E-state index in [0.29, 0.717) is 11.4 Å². The summed E-state index contributed by atoms with van der Waals surface area (Å²) < 4.78 is 8.31. The van der Waals surface area contributed by atoms with Gasteiger partial charge in [0.05, 0.1) is 15.9 Å². The monoisotopic (exact) mass is 388 g/mol. The van der Waals surface area contributed by atoms with Crippen LogP contribution >= 0.6 is 11.3 Å². The van der Waals surface area contributed by atoms with Crippen molar-refractivity contribution in [3.05, 3.63) is 72.8 Å². The summed E-state index contributed by atoms with van der Waals surface area (Å²) in [7, 11) is 0. The third kappa shape index (κ3) is 3.03. The number of carbonyl (C=O) groups excluding carboxylic acids is 1. The fourth-order valence-corrected chi connectivity index (χ4v) is 3.68. The van der Waals surface area contributed by atoms with Gasteiger partial charge in [0.1, 0.15) is 6.33 Å². The third-order valence-corrected chi connectivity index (χ3v) is 5.10. The lowest BCUT2D eigenvalue weighted by atomic mass is 10.2. The molecular formula is C19H12N6O2S. The molecule has 0 spiro atoms. The van der Waals surface area contributed by atoms with Crippen LogP contribution < -0.4 is 5.32 Å². The second kappa shape index (κ2) is 6.71. The molecule has 0 unspecified atom stereocenters. The fraction of sp³-hybridized carbons (Fsp3) is 0. The number of anilines is 1. The summed E-state index contributed by atoms with van der Waals surface area (Å²) in [5, 5.41) is 14.6. The largest absolute Gasteiger partial charge is 0.448 e. The summed E-state index contributed by atoms with van der Waals surface area (Å²) in [5.74, 6) is 0.428. The third-order valence-electron chi connectivity index (χ3n) is 4.05. The summed E-state index contributed by atoms with van der Waals surface area (Å²) in [6, 6.07) is 18.5. The van der Waals surface area contributed by atoms with Crippen molar-refractivity contribution in [3.8, 4) is 16.5 Å². The number of fused-ring (bicyclic) bond motifs is 1. The average Bonchev–Trinajstić information content (AvgIpc) is 3.48. The minimum Gasteiger partial charge on any atom is -0.448 e. The van der Waals surface area contributed by atoms with Gasteiger partial charge in [0.15, 0.2) is 16.5 Å². The molecule has 5 rings (SSSR count). The number of para-hydroxylation sites is 1. The van der Waals surface area contributed by atoms with Gasteiger partial charge in [0.25, 0.3) is 5.91 Å². The molecule has 28 heavy (non-hydrogen) atoms. The van der Waals surface area contributed by atoms with Crippen LogP contribution in [-0.4, -0.2) is 31.1 Å². The highest BCUT2D eigenvalue weighted by atomic mass is 32.1. The van der Waals surface area contributed by atoms with Gasteiger partial charge < -0.3 is 9.73 Å². The zero-order valence-corrected chi connectivity index (χ0v) is 15.1. The quantitative estimate of drug-likeness (QED) is 0.503. The Balaban J connectivity index is 1.37. The van der Waals surface area contributed by atoms with E-state index in [2.05, 4.69) is 25.8 Å². The number of rotatable bonds is 4. The van der Waals surface area contributed by atoms with Crippen LogP contribution in [0, 0.1) is 0 Å². The second-order valence-electron chi connectivity index (χ2n) is 5.91. The van der Waals surface area contributed by atoms with Gasteiger partial charge in [-0.15, -0.1) is 16.4 Å². The van der Waals surface area contributed by atoms with E-state index in [4.69, 9.17) is 4.42 Å². The normalized spacial score (nSPS) is 11.0. The zero-order valence-electron chi connectivity index (χ0n) is 14.3. The summed E-state index contributed by atoms with van der Waals surface area (Å²) >= 11 is 1.52. The Kier molecular flexibility index (Phi) is 3.91. The minimum atomic E-state index is -0.346. The van der Waals surface area contributed by atoms with Crippen molar-refractivity contribution in [1.82, 2.24) is 25.2 Å². The van der Waals surface area contributed by atoms with Crippen molar-refractivity contribution in [2.24, 2.45) is 0 Å². The number of nitrogens with one attached hydrogen (secondary N) is 1. The number of hydrogen-bond donors (Lipinski definition) is 1. The van der Waals surface area contributed by atoms with E-state index in [-0.39, 0.29) is 11.7 Å². The highest BCUT2D eigenvalue weighted by molar-refractivity contribution is 7.21. The van der Waals surface area contributed by atoms with E-state index < -0.39 is 0 Å². The molecule has 9 heteroatoms. The first-order valence-electron chi connectivity index (χ1n) is 8.37. The van der Waals surface area contributed by atoms with E-state index in [1.807, 2.05) is 30.3 Å². The number of benzene rings is 2. The molecule has 0 saturated carbocycles. The van der Waals surface area contributed by atoms with Crippen LogP contribution in [0.2, 0.25) is 0 Å². The maximum absolute atomic E-state index is 12.6. The molecule has 1 amide bonds. The predicted molar refractivity (Wildman–Crippen MR) is 104 cm³/mol. The molecule has 3 aromatic heterocycles. The number of hydrogen-bond acceptors (Lipinski definition) is 7. The molecule has 8 nitrogen and oxygen atoms in total. The van der Waals surface area contributed by atoms with Gasteiger partial charge >= 0.3 is 0 Å². The Morgan fingerprint density at radius 2 is 2.00 bits per heavy atom. The van der Waals surface area contributed by atoms with Crippen molar-refractivity contribution in [3.63, 3.8) is 0 Å². The van der Waals surface area contributed by atoms with Crippen molar-refractivity contribution in [2.75, 3.05) is 5.32 Å². The highest BCUT2D eigenvalue weighted by Gasteiger charge is 2.15. The van der Waals surface area contributed by atoms with Crippen molar-refractivity contribution >= 4 is 33.1 Å². The first-order chi connectivity index (χ1) is 13.8. The smallest absolute Gasteiger partial charge is 0.291 e. The lowest BCUT2D eigenvalue weighted by Gasteiger charge is -2.05. The summed E-state index contributed by atoms with van der Waals surface area (Å²) in [6.07, 6.45) is 1.48. The molecule has 1 N–H and O–H groups in total. The standard InChI is InChI=1S/C19H12N6O2S/c26-18(21-12-4-3-5-13(10-12)25-11-20-23-24-25)15-8-9-16(27-15)19-22-14-6-1-2-7-17(14)28-19/h1-11H,(H,21,26). The van der Waals surface area contributed by atoms with Gasteiger partial charge in [-0.25, -0.2) is 9.67 Å². The van der Waals surface area contributed by atoms with Crippen LogP contribution in [0.25, 0.3) is 26.7 Å². The molecule has 0 saturated heterocycles. The molecule has 5 aromatic rings. The Bertz CT molecular complexity index is 1240. The molecule has 3 heterocycles. The van der Waals surface area contributed by atoms with Crippen LogP contribution in [0.5, 0.6) is 0 Å². The van der Waals surface area contributed by atoms with Crippen LogP contribution in [0.1, 0.15) is 10.6 Å². The van der Waals surface area contributed by atoms with Crippen LogP contribution in [0.15, 0.2) is 71.4 Å². The molecule has 0 aliphatic rings. The SMILES string of the molecule is O=C(Nc1cccc(-n2cnnn2)c1)c1ccc(-c2nc3ccccc3s2)o1. The molecule has 136 valence electrons. The summed E-state index contributed by atoms with van der Waals surface area (Å²) in [4.78, 5) is 17.1. The molecule has 0 aliphatic carbocycles. The molecule has 0 radical (unpaired) electrons. The van der Waals surface area contributed by atoms with Gasteiger partial charge in [-0.1, -0.05) is 18.2 Å². The van der Waals surface area contributed by atoms with Crippen LogP contribution in [0.3, 0.4) is 0 Å². The van der Waals surface area contributed by atoms with E-state index in [9.17, 15) is 4.79 Å². The number of tetrazole rings is 1. The number of aromatic nitrogens is 5. The van der Waals surface area contributed by atoms with Gasteiger partial charge in [-0.2, -0.15) is 0 Å². The summed E-state index contributed by atoms with van der Waals surface area (Å²) in [5.41, 5.74) is 2.25. The molecule has 0 aliphatic heterocycles. The molecule has 2 aromatic carbocycles. The lowest BCUT2D eigenvalue weighted by molar-refractivity contribution is 0.0997. The predicted octanol–water partition coefficient (Wildman–Crippen LogP) is 3.78. The number of nitrogens with zero attached hydrogens (tertiary/aromatic N) is 5. The minimum absolute atomic E-state index is 0.210. The Labute approximate surface area is 162 Å². The van der Waals surface area contributed by atoms with Gasteiger partial charge in [-0.05, 0) is 52.9 Å². The first-order valence-corrected chi connectivity index (χ1v) is 9.18. The lowest BCUT2D eigenvalue weighted by Crippen LogP contribution is -2.11. The Morgan fingerprint density at radius 1 is 1.07 bits per heavy atom. The van der Waals surface area contributed by atoms with E-state index in [1.165, 1.54) is 22.3 Å². The fourth-order valence-electron chi connectivity index (χ4n) is 2.75. The average molecular weight is 388 g/mol. The van der Waals surface area contributed by atoms with Crippen molar-refractivity contribution in [2.45, 2.75) is 0 Å². The Hall–Kier alpha value is -3.85. The highest BCUT2D eigenvalue weighted by Crippen LogP contribution is 2.31. The Morgan fingerprint density at radius 3 is 2.86 bits per heavy atom. The van der Waals surface area contributed by atoms with Crippen LogP contribution in [0.4, 0.5) is 5.69 Å². The molecule has 0 atom stereocenters. The summed E-state index contributed by atoms with van der Waals surface area (Å²) in [6.45, 7) is 0. The molecule has 0 bridgehead atoms. The molecule has 0 fully saturated rings. The maximum atomic E-state index is 12.6. The van der Waals surface area contributed by atoms with E-state index in [1.54, 1.807) is 30.3 Å². The van der Waals surface area contributed by atoms with Crippen LogP contribution in [-0.2, 0) is 0 Å². The van der Waals surface area contributed by atoms with Gasteiger partial charge in [0, 0.05) is 5.69 Å². The number of carbonyl (C=O) groups is 1. The van der Waals surface area contributed by atoms with Crippen molar-refractivity contribution < 1.29 is 9.21 Å². The van der Waals surface area contributed by atoms with Crippen molar-refractivity contribution in [1.29, 1.82) is 0 Å². The number of amides is 1. The second-order valence-corrected chi connectivity index (χ2v) is 6.94. The van der Waals surface area contributed by atoms with E-state index >= 15 is 0 Å². The maximum Gasteiger partial charge on any atom is 0.291 e. The van der Waals surface area contributed by atoms with Gasteiger partial charge in [-0.3, -0.25) is 4.79 Å². The van der Waals surface area contributed by atoms with Gasteiger partial charge in [0.2, 0.25) is 0 Å².